The molecule has 0 unspecified atom stereocenters. The molecule has 3 rings (SSSR count). The summed E-state index contributed by atoms with van der Waals surface area (Å²) in [5.74, 6) is 0. The first kappa shape index (κ1) is 16.9. The Labute approximate surface area is 145 Å². The highest BCUT2D eigenvalue weighted by Crippen LogP contribution is 2.47. The highest BCUT2D eigenvalue weighted by Gasteiger charge is 2.47. The van der Waals surface area contributed by atoms with E-state index in [9.17, 15) is 9.59 Å². The average Bonchev–Trinajstić information content (AvgIpc) is 3.06. The molecule has 2 amide bonds. The van der Waals surface area contributed by atoms with Gasteiger partial charge in [0.05, 0.1) is 12.1 Å². The molecule has 1 heterocycles. The maximum absolute atomic E-state index is 12.1. The number of halogens is 1. The zero-order valence-electron chi connectivity index (χ0n) is 14.0. The summed E-state index contributed by atoms with van der Waals surface area (Å²) in [4.78, 5) is 24.6. The number of amides is 2. The summed E-state index contributed by atoms with van der Waals surface area (Å²) < 4.78 is 5.34. The van der Waals surface area contributed by atoms with Crippen LogP contribution in [0.3, 0.4) is 0 Å². The number of nitrogens with zero attached hydrogens (tertiary/aromatic N) is 1. The van der Waals surface area contributed by atoms with Crippen LogP contribution in [0.1, 0.15) is 50.3 Å². The lowest BCUT2D eigenvalue weighted by atomic mass is 9.99. The number of alkyl carbamates (subject to hydrolysis) is 1. The van der Waals surface area contributed by atoms with Crippen LogP contribution in [0.15, 0.2) is 12.1 Å². The molecule has 0 radical (unpaired) electrons. The maximum atomic E-state index is 12.1. The monoisotopic (exact) mass is 352 g/mol. The van der Waals surface area contributed by atoms with Gasteiger partial charge in [-0.2, -0.15) is 0 Å². The molecule has 2 aliphatic rings. The Kier molecular flexibility index (Phi) is 3.91. The second-order valence-electron chi connectivity index (χ2n) is 7.44. The molecule has 1 aromatic carbocycles. The first-order valence-corrected chi connectivity index (χ1v) is 8.28. The number of benzene rings is 1. The van der Waals surface area contributed by atoms with Gasteiger partial charge in [0, 0.05) is 11.6 Å². The number of carbonyl (C=O) groups is 2. The summed E-state index contributed by atoms with van der Waals surface area (Å²) in [6.45, 7) is 6.08. The number of rotatable bonds is 2. The minimum absolute atomic E-state index is 0.302. The van der Waals surface area contributed by atoms with Crippen molar-refractivity contribution in [3.63, 3.8) is 0 Å². The van der Waals surface area contributed by atoms with Crippen molar-refractivity contribution in [2.24, 2.45) is 0 Å². The molecule has 2 N–H and O–H groups in total. The summed E-state index contributed by atoms with van der Waals surface area (Å²) in [5, 5.41) is 12.6. The van der Waals surface area contributed by atoms with Crippen molar-refractivity contribution >= 4 is 23.8 Å². The number of carbonyl (C=O) groups excluding carboxylic acids is 1. The van der Waals surface area contributed by atoms with E-state index in [0.717, 1.165) is 29.5 Å². The van der Waals surface area contributed by atoms with Crippen LogP contribution in [0.25, 0.3) is 0 Å². The Morgan fingerprint density at radius 3 is 2.50 bits per heavy atom. The Morgan fingerprint density at radius 2 is 1.96 bits per heavy atom. The molecule has 0 saturated heterocycles. The molecule has 130 valence electrons. The van der Waals surface area contributed by atoms with Crippen LogP contribution in [0.4, 0.5) is 9.59 Å². The fourth-order valence-electron chi connectivity index (χ4n) is 2.99. The van der Waals surface area contributed by atoms with Gasteiger partial charge in [-0.15, -0.1) is 0 Å². The van der Waals surface area contributed by atoms with Crippen LogP contribution in [0, 0.1) is 0 Å². The van der Waals surface area contributed by atoms with Crippen LogP contribution in [-0.4, -0.2) is 27.8 Å². The lowest BCUT2D eigenvalue weighted by Gasteiger charge is -2.24. The van der Waals surface area contributed by atoms with Crippen molar-refractivity contribution in [1.82, 2.24) is 10.2 Å². The fraction of sp³-hybridized carbons (Fsp3) is 0.529. The third-order valence-corrected chi connectivity index (χ3v) is 4.65. The zero-order valence-corrected chi connectivity index (χ0v) is 14.7. The molecule has 1 saturated carbocycles. The van der Waals surface area contributed by atoms with Crippen molar-refractivity contribution in [1.29, 1.82) is 0 Å². The van der Waals surface area contributed by atoms with Crippen LogP contribution < -0.4 is 5.32 Å². The zero-order chi connectivity index (χ0) is 17.7. The summed E-state index contributed by atoms with van der Waals surface area (Å²) in [5.41, 5.74) is 1.63. The van der Waals surface area contributed by atoms with E-state index < -0.39 is 23.3 Å². The number of hydrogen-bond acceptors (Lipinski definition) is 3. The van der Waals surface area contributed by atoms with E-state index in [1.165, 1.54) is 4.90 Å². The predicted molar refractivity (Wildman–Crippen MR) is 89.0 cm³/mol. The smallest absolute Gasteiger partial charge is 0.408 e. The van der Waals surface area contributed by atoms with Crippen molar-refractivity contribution in [3.8, 4) is 0 Å². The quantitative estimate of drug-likeness (QED) is 0.847. The van der Waals surface area contributed by atoms with Crippen molar-refractivity contribution < 1.29 is 19.4 Å². The van der Waals surface area contributed by atoms with E-state index in [1.54, 1.807) is 0 Å². The molecule has 0 aromatic heterocycles. The summed E-state index contributed by atoms with van der Waals surface area (Å²) in [6, 6.07) is 3.78. The van der Waals surface area contributed by atoms with Crippen LogP contribution in [-0.2, 0) is 23.4 Å². The van der Waals surface area contributed by atoms with E-state index in [1.807, 2.05) is 32.9 Å². The van der Waals surface area contributed by atoms with Gasteiger partial charge >= 0.3 is 12.2 Å². The largest absolute Gasteiger partial charge is 0.465 e. The van der Waals surface area contributed by atoms with Gasteiger partial charge in [-0.1, -0.05) is 17.7 Å². The Morgan fingerprint density at radius 1 is 1.29 bits per heavy atom. The van der Waals surface area contributed by atoms with Gasteiger partial charge in [-0.3, -0.25) is 4.90 Å². The normalized spacial score (nSPS) is 18.1. The number of ether oxygens (including phenoxy) is 1. The second-order valence-corrected chi connectivity index (χ2v) is 7.85. The standard InChI is InChI=1S/C17H21ClN2O4/c1-16(2,3)24-14(21)19-17(4-5-17)11-6-10-8-20(15(22)23)9-12(10)13(18)7-11/h6-7H,4-5,8-9H2,1-3H3,(H,19,21)(H,22,23). The summed E-state index contributed by atoms with van der Waals surface area (Å²) >= 11 is 6.36. The van der Waals surface area contributed by atoms with Crippen molar-refractivity contribution in [2.45, 2.75) is 57.8 Å². The molecule has 1 aromatic rings. The van der Waals surface area contributed by atoms with Gasteiger partial charge in [-0.05, 0) is 56.4 Å². The van der Waals surface area contributed by atoms with Gasteiger partial charge in [0.25, 0.3) is 0 Å². The van der Waals surface area contributed by atoms with Crippen LogP contribution in [0.2, 0.25) is 5.02 Å². The third-order valence-electron chi connectivity index (χ3n) is 4.31. The molecule has 1 aliphatic heterocycles. The number of carboxylic acid groups (broad SMARTS) is 1. The fourth-order valence-corrected chi connectivity index (χ4v) is 3.28. The van der Waals surface area contributed by atoms with Gasteiger partial charge in [0.15, 0.2) is 0 Å². The van der Waals surface area contributed by atoms with E-state index in [4.69, 9.17) is 21.4 Å². The minimum Gasteiger partial charge on any atom is -0.465 e. The summed E-state index contributed by atoms with van der Waals surface area (Å²) in [6.07, 6.45) is 0.203. The van der Waals surface area contributed by atoms with E-state index in [-0.39, 0.29) is 0 Å². The molecule has 7 heteroatoms. The molecule has 24 heavy (non-hydrogen) atoms. The van der Waals surface area contributed by atoms with E-state index in [0.29, 0.717) is 18.1 Å². The molecule has 1 fully saturated rings. The highest BCUT2D eigenvalue weighted by atomic mass is 35.5. The van der Waals surface area contributed by atoms with E-state index in [2.05, 4.69) is 5.32 Å². The number of fused-ring (bicyclic) bond motifs is 1. The van der Waals surface area contributed by atoms with Crippen molar-refractivity contribution in [3.05, 3.63) is 33.8 Å². The SMILES string of the molecule is CC(C)(C)OC(=O)NC1(c2cc(Cl)c3c(c2)CN(C(=O)O)C3)CC1. The maximum Gasteiger partial charge on any atom is 0.408 e. The molecular weight excluding hydrogens is 332 g/mol. The van der Waals surface area contributed by atoms with Gasteiger partial charge in [0.2, 0.25) is 0 Å². The molecule has 0 bridgehead atoms. The Bertz CT molecular complexity index is 707. The highest BCUT2D eigenvalue weighted by molar-refractivity contribution is 6.31. The van der Waals surface area contributed by atoms with Gasteiger partial charge in [-0.25, -0.2) is 9.59 Å². The molecule has 0 spiro atoms. The molecular formula is C17H21ClN2O4. The minimum atomic E-state index is -0.961. The Balaban J connectivity index is 1.81. The van der Waals surface area contributed by atoms with Crippen LogP contribution >= 0.6 is 11.6 Å². The lowest BCUT2D eigenvalue weighted by molar-refractivity contribution is 0.0495. The predicted octanol–water partition coefficient (Wildman–Crippen LogP) is 3.85. The molecule has 0 atom stereocenters. The summed E-state index contributed by atoms with van der Waals surface area (Å²) in [7, 11) is 0. The van der Waals surface area contributed by atoms with E-state index >= 15 is 0 Å². The third kappa shape index (κ3) is 3.29. The first-order valence-electron chi connectivity index (χ1n) is 7.90. The Hall–Kier alpha value is -1.95. The average molecular weight is 353 g/mol. The van der Waals surface area contributed by atoms with Crippen molar-refractivity contribution in [2.75, 3.05) is 0 Å². The molecule has 1 aliphatic carbocycles. The second kappa shape index (κ2) is 5.55. The van der Waals surface area contributed by atoms with Gasteiger partial charge in [0.1, 0.15) is 5.60 Å². The van der Waals surface area contributed by atoms with Gasteiger partial charge < -0.3 is 15.2 Å². The topological polar surface area (TPSA) is 78.9 Å². The number of nitrogens with one attached hydrogen (secondary N) is 1. The van der Waals surface area contributed by atoms with Crippen LogP contribution in [0.5, 0.6) is 0 Å². The lowest BCUT2D eigenvalue weighted by Crippen LogP contribution is -2.39. The molecule has 6 nitrogen and oxygen atoms in total. The number of hydrogen-bond donors (Lipinski definition) is 2. The first-order chi connectivity index (χ1) is 11.1.